The van der Waals surface area contributed by atoms with E-state index in [9.17, 15) is 4.79 Å². The first-order chi connectivity index (χ1) is 10.6. The van der Waals surface area contributed by atoms with Crippen LogP contribution in [0.2, 0.25) is 0 Å². The molecule has 3 aliphatic rings. The van der Waals surface area contributed by atoms with Gasteiger partial charge in [-0.2, -0.15) is 0 Å². The van der Waals surface area contributed by atoms with E-state index >= 15 is 0 Å². The molecule has 0 N–H and O–H groups in total. The summed E-state index contributed by atoms with van der Waals surface area (Å²) in [5, 5.41) is 0. The van der Waals surface area contributed by atoms with E-state index in [2.05, 4.69) is 20.8 Å². The van der Waals surface area contributed by atoms with Gasteiger partial charge in [0.25, 0.3) is 0 Å². The maximum atomic E-state index is 12.6. The molecule has 3 saturated carbocycles. The van der Waals surface area contributed by atoms with Gasteiger partial charge in [-0.25, -0.2) is 0 Å². The van der Waals surface area contributed by atoms with Crippen molar-refractivity contribution in [3.8, 4) is 0 Å². The van der Waals surface area contributed by atoms with Crippen molar-refractivity contribution < 1.29 is 9.53 Å². The van der Waals surface area contributed by atoms with Crippen molar-refractivity contribution in [2.75, 3.05) is 0 Å². The number of carbonyl (C=O) groups excluding carboxylic acids is 1. The molecule has 3 aliphatic carbocycles. The number of hydrogen-bond acceptors (Lipinski definition) is 2. The van der Waals surface area contributed by atoms with Gasteiger partial charge in [0.1, 0.15) is 6.10 Å². The Hall–Kier alpha value is -0.530. The minimum atomic E-state index is 0.142. The average molecular weight is 306 g/mol. The van der Waals surface area contributed by atoms with Crippen LogP contribution in [0.15, 0.2) is 0 Å². The lowest BCUT2D eigenvalue weighted by molar-refractivity contribution is -0.159. The molecule has 0 amide bonds. The highest BCUT2D eigenvalue weighted by Crippen LogP contribution is 2.55. The number of unbranched alkanes of at least 4 members (excludes halogenated alkanes) is 1. The highest BCUT2D eigenvalue weighted by Gasteiger charge is 2.52. The van der Waals surface area contributed by atoms with Gasteiger partial charge in [-0.1, -0.05) is 40.0 Å². The molecule has 0 aliphatic heterocycles. The molecule has 3 fully saturated rings. The fourth-order valence-corrected chi connectivity index (χ4v) is 5.49. The summed E-state index contributed by atoms with van der Waals surface area (Å²) in [7, 11) is 0. The number of esters is 1. The van der Waals surface area contributed by atoms with Gasteiger partial charge < -0.3 is 4.74 Å². The Morgan fingerprint density at radius 1 is 1.05 bits per heavy atom. The number of rotatable bonds is 5. The highest BCUT2D eigenvalue weighted by molar-refractivity contribution is 5.73. The molecular weight excluding hydrogens is 272 g/mol. The summed E-state index contributed by atoms with van der Waals surface area (Å²) in [4.78, 5) is 12.6. The van der Waals surface area contributed by atoms with Crippen LogP contribution in [0.4, 0.5) is 0 Å². The largest absolute Gasteiger partial charge is 0.462 e. The fourth-order valence-electron chi connectivity index (χ4n) is 5.49. The molecule has 3 rings (SSSR count). The van der Waals surface area contributed by atoms with Crippen molar-refractivity contribution in [1.82, 2.24) is 0 Å². The van der Waals surface area contributed by atoms with E-state index in [1.807, 2.05) is 0 Å². The molecular formula is C20H34O2. The van der Waals surface area contributed by atoms with E-state index in [0.29, 0.717) is 11.8 Å². The van der Waals surface area contributed by atoms with Gasteiger partial charge in [-0.05, 0) is 68.1 Å². The monoisotopic (exact) mass is 306 g/mol. The Balaban J connectivity index is 1.44. The number of carbonyl (C=O) groups is 1. The van der Waals surface area contributed by atoms with Crippen LogP contribution >= 0.6 is 0 Å². The van der Waals surface area contributed by atoms with Crippen molar-refractivity contribution in [2.24, 2.45) is 35.5 Å². The molecule has 0 aromatic rings. The van der Waals surface area contributed by atoms with Crippen LogP contribution in [0.5, 0.6) is 0 Å². The lowest BCUT2D eigenvalue weighted by atomic mass is 9.76. The Bertz CT molecular complexity index is 381. The van der Waals surface area contributed by atoms with Crippen LogP contribution in [-0.4, -0.2) is 12.1 Å². The van der Waals surface area contributed by atoms with Crippen LogP contribution in [-0.2, 0) is 9.53 Å². The predicted octanol–water partition coefficient (Wildman–Crippen LogP) is 5.21. The van der Waals surface area contributed by atoms with Crippen LogP contribution in [0.3, 0.4) is 0 Å². The molecule has 0 aromatic carbocycles. The first kappa shape index (κ1) is 16.3. The first-order valence-electron chi connectivity index (χ1n) is 9.80. The van der Waals surface area contributed by atoms with Crippen molar-refractivity contribution in [1.29, 1.82) is 0 Å². The third-order valence-corrected chi connectivity index (χ3v) is 7.24. The maximum absolute atomic E-state index is 12.6. The second kappa shape index (κ2) is 6.93. The number of hydrogen-bond donors (Lipinski definition) is 0. The standard InChI is InChI=1S/C20H34O2/c1-4-5-6-15-7-9-17(10-8-15)22-20(21)19-12-16-11-18(19)14(3)13(16)2/h13-19H,4-12H2,1-3H3. The van der Waals surface area contributed by atoms with Crippen molar-refractivity contribution in [2.45, 2.75) is 84.7 Å². The molecule has 5 atom stereocenters. The lowest BCUT2D eigenvalue weighted by Crippen LogP contribution is -2.34. The zero-order valence-electron chi connectivity index (χ0n) is 14.7. The van der Waals surface area contributed by atoms with Crippen molar-refractivity contribution in [3.05, 3.63) is 0 Å². The second-order valence-corrected chi connectivity index (χ2v) is 8.44. The van der Waals surface area contributed by atoms with Gasteiger partial charge in [0, 0.05) is 0 Å². The topological polar surface area (TPSA) is 26.3 Å². The zero-order valence-corrected chi connectivity index (χ0v) is 14.7. The molecule has 0 aromatic heterocycles. The first-order valence-corrected chi connectivity index (χ1v) is 9.80. The van der Waals surface area contributed by atoms with E-state index in [1.165, 1.54) is 38.5 Å². The molecule has 2 heteroatoms. The quantitative estimate of drug-likeness (QED) is 0.652. The summed E-state index contributed by atoms with van der Waals surface area (Å²) in [6, 6.07) is 0. The van der Waals surface area contributed by atoms with E-state index in [4.69, 9.17) is 4.74 Å². The summed E-state index contributed by atoms with van der Waals surface area (Å²) in [5.41, 5.74) is 0. The lowest BCUT2D eigenvalue weighted by Gasteiger charge is -2.33. The fraction of sp³-hybridized carbons (Fsp3) is 0.950. The Morgan fingerprint density at radius 2 is 1.77 bits per heavy atom. The summed E-state index contributed by atoms with van der Waals surface area (Å²) >= 11 is 0. The van der Waals surface area contributed by atoms with Gasteiger partial charge in [-0.15, -0.1) is 0 Å². The molecule has 0 saturated heterocycles. The summed E-state index contributed by atoms with van der Waals surface area (Å²) in [5.74, 6) is 4.15. The van der Waals surface area contributed by atoms with E-state index in [-0.39, 0.29) is 18.0 Å². The van der Waals surface area contributed by atoms with Crippen LogP contribution < -0.4 is 0 Å². The minimum absolute atomic E-state index is 0.142. The smallest absolute Gasteiger partial charge is 0.309 e. The SMILES string of the molecule is CCCCC1CCC(OC(=O)C2CC3CC2C(C)C3C)CC1. The molecule has 0 spiro atoms. The number of fused-ring (bicyclic) bond motifs is 2. The third-order valence-electron chi connectivity index (χ3n) is 7.24. The van der Waals surface area contributed by atoms with Crippen LogP contribution in [0.25, 0.3) is 0 Å². The average Bonchev–Trinajstić information content (AvgIpc) is 3.07. The highest BCUT2D eigenvalue weighted by atomic mass is 16.5. The summed E-state index contributed by atoms with van der Waals surface area (Å²) < 4.78 is 5.93. The van der Waals surface area contributed by atoms with Crippen molar-refractivity contribution in [3.63, 3.8) is 0 Å². The van der Waals surface area contributed by atoms with Crippen molar-refractivity contribution >= 4 is 5.97 Å². The Morgan fingerprint density at radius 3 is 2.36 bits per heavy atom. The third kappa shape index (κ3) is 3.21. The molecule has 22 heavy (non-hydrogen) atoms. The summed E-state index contributed by atoms with van der Waals surface area (Å²) in [6.07, 6.45) is 11.4. The minimum Gasteiger partial charge on any atom is -0.462 e. The van der Waals surface area contributed by atoms with E-state index in [0.717, 1.165) is 37.0 Å². The molecule has 0 heterocycles. The molecule has 0 radical (unpaired) electrons. The normalized spacial score (nSPS) is 44.2. The second-order valence-electron chi connectivity index (χ2n) is 8.44. The maximum Gasteiger partial charge on any atom is 0.309 e. The molecule has 126 valence electrons. The molecule has 2 bridgehead atoms. The Labute approximate surface area is 136 Å². The van der Waals surface area contributed by atoms with E-state index in [1.54, 1.807) is 0 Å². The molecule has 5 unspecified atom stereocenters. The van der Waals surface area contributed by atoms with Gasteiger partial charge in [-0.3, -0.25) is 4.79 Å². The summed E-state index contributed by atoms with van der Waals surface area (Å²) in [6.45, 7) is 6.98. The van der Waals surface area contributed by atoms with Crippen LogP contribution in [0.1, 0.15) is 78.6 Å². The van der Waals surface area contributed by atoms with Crippen LogP contribution in [0, 0.1) is 35.5 Å². The Kier molecular flexibility index (Phi) is 5.14. The van der Waals surface area contributed by atoms with Gasteiger partial charge >= 0.3 is 5.97 Å². The molecule has 2 nitrogen and oxygen atoms in total. The van der Waals surface area contributed by atoms with Gasteiger partial charge in [0.15, 0.2) is 0 Å². The zero-order chi connectivity index (χ0) is 15.7. The van der Waals surface area contributed by atoms with Gasteiger partial charge in [0.05, 0.1) is 5.92 Å². The van der Waals surface area contributed by atoms with E-state index < -0.39 is 0 Å². The predicted molar refractivity (Wildman–Crippen MR) is 89.4 cm³/mol. The van der Waals surface area contributed by atoms with Gasteiger partial charge in [0.2, 0.25) is 0 Å². The number of ether oxygens (including phenoxy) is 1.